The second kappa shape index (κ2) is 12.1. The van der Waals surface area contributed by atoms with Crippen molar-refractivity contribution in [2.24, 2.45) is 23.7 Å². The number of likely N-dealkylation sites (tertiary alicyclic amines) is 1. The molecule has 3 aliphatic heterocycles. The van der Waals surface area contributed by atoms with E-state index in [2.05, 4.69) is 15.7 Å². The van der Waals surface area contributed by atoms with Gasteiger partial charge < -0.3 is 15.5 Å². The van der Waals surface area contributed by atoms with Gasteiger partial charge in [0.05, 0.1) is 16.2 Å². The molecule has 3 atom stereocenters. The Hall–Kier alpha value is -3.13. The number of aryl methyl sites for hydroxylation is 1. The number of fused-ring (bicyclic) bond motifs is 1. The molecule has 10 nitrogen and oxygen atoms in total. The monoisotopic (exact) mass is 624 g/mol. The van der Waals surface area contributed by atoms with Gasteiger partial charge in [-0.3, -0.25) is 9.48 Å². The number of alkyl halides is 3. The van der Waals surface area contributed by atoms with E-state index in [0.717, 1.165) is 6.42 Å². The Morgan fingerprint density at radius 3 is 2.14 bits per heavy atom. The van der Waals surface area contributed by atoms with Crippen molar-refractivity contribution in [2.45, 2.75) is 63.6 Å². The number of urea groups is 1. The summed E-state index contributed by atoms with van der Waals surface area (Å²) in [6.07, 6.45) is -1.74. The maximum Gasteiger partial charge on any atom is 0.435 e. The topological polar surface area (TPSA) is 117 Å². The number of nitrogens with one attached hydrogen (secondary N) is 2. The van der Waals surface area contributed by atoms with E-state index < -0.39 is 33.8 Å². The number of carbonyl (C=O) groups is 2. The smallest absolute Gasteiger partial charge is 0.341 e. The number of carbonyl (C=O) groups excluding carboxylic acids is 2. The Balaban J connectivity index is 1.29. The number of benzene rings is 1. The van der Waals surface area contributed by atoms with E-state index in [0.29, 0.717) is 63.2 Å². The Kier molecular flexibility index (Phi) is 8.81. The van der Waals surface area contributed by atoms with Crippen LogP contribution in [0.25, 0.3) is 0 Å². The fourth-order valence-corrected chi connectivity index (χ4v) is 8.45. The summed E-state index contributed by atoms with van der Waals surface area (Å²) in [5, 5.41) is 8.91. The average Bonchev–Trinajstić information content (AvgIpc) is 3.36. The number of hydrogen-bond acceptors (Lipinski definition) is 5. The van der Waals surface area contributed by atoms with Crippen LogP contribution < -0.4 is 10.6 Å². The van der Waals surface area contributed by atoms with Crippen LogP contribution >= 0.6 is 0 Å². The van der Waals surface area contributed by atoms with Crippen LogP contribution in [0, 0.1) is 23.7 Å². The molecule has 3 amide bonds. The zero-order valence-corrected chi connectivity index (χ0v) is 25.5. The molecule has 0 saturated carbocycles. The minimum absolute atomic E-state index is 0.0240. The van der Waals surface area contributed by atoms with Crippen molar-refractivity contribution < 1.29 is 31.2 Å². The maximum atomic E-state index is 14.1. The van der Waals surface area contributed by atoms with Gasteiger partial charge in [0.2, 0.25) is 10.0 Å². The molecule has 0 aliphatic carbocycles. The van der Waals surface area contributed by atoms with Crippen molar-refractivity contribution in [3.8, 4) is 0 Å². The molecule has 14 heteroatoms. The highest BCUT2D eigenvalue weighted by Crippen LogP contribution is 2.40. The van der Waals surface area contributed by atoms with Crippen molar-refractivity contribution in [2.75, 3.05) is 38.5 Å². The maximum absolute atomic E-state index is 14.1. The molecule has 0 bridgehead atoms. The average molecular weight is 625 g/mol. The summed E-state index contributed by atoms with van der Waals surface area (Å²) >= 11 is 0. The Morgan fingerprint density at radius 2 is 1.56 bits per heavy atom. The summed E-state index contributed by atoms with van der Waals surface area (Å²) < 4.78 is 71.8. The molecule has 5 rings (SSSR count). The van der Waals surface area contributed by atoms with Gasteiger partial charge in [0.1, 0.15) is 0 Å². The fraction of sp³-hybridized carbons (Fsp3) is 0.621. The summed E-state index contributed by atoms with van der Waals surface area (Å²) in [4.78, 5) is 26.8. The molecular weight excluding hydrogens is 585 g/mol. The van der Waals surface area contributed by atoms with Gasteiger partial charge in [0, 0.05) is 45.5 Å². The molecule has 2 aromatic rings. The quantitative estimate of drug-likeness (QED) is 0.511. The molecule has 2 N–H and O–H groups in total. The van der Waals surface area contributed by atoms with Crippen molar-refractivity contribution in [3.63, 3.8) is 0 Å². The van der Waals surface area contributed by atoms with Gasteiger partial charge in [0.25, 0.3) is 5.91 Å². The SMILES string of the molecule is CNC(=O)Nc1ccc(S(=O)(=O)N2CCC(C3CCn4nc(C(F)(F)F)c(C(=O)N5CC(C)CC(C)C5)c4C3)CC2)cc1. The number of aromatic nitrogens is 2. The van der Waals surface area contributed by atoms with Gasteiger partial charge in [0.15, 0.2) is 5.69 Å². The number of hydrogen-bond donors (Lipinski definition) is 2. The normalized spacial score (nSPS) is 24.0. The molecule has 1 aromatic heterocycles. The Morgan fingerprint density at radius 1 is 0.953 bits per heavy atom. The van der Waals surface area contributed by atoms with Crippen LogP contribution in [0.5, 0.6) is 0 Å². The first kappa shape index (κ1) is 31.3. The fourth-order valence-electron chi connectivity index (χ4n) is 6.98. The first-order valence-electron chi connectivity index (χ1n) is 14.8. The van der Waals surface area contributed by atoms with Crippen molar-refractivity contribution in [3.05, 3.63) is 41.2 Å². The summed E-state index contributed by atoms with van der Waals surface area (Å²) in [7, 11) is -2.27. The number of nitrogens with zero attached hydrogens (tertiary/aromatic N) is 4. The number of piperidine rings is 2. The highest BCUT2D eigenvalue weighted by atomic mass is 32.2. The number of sulfonamides is 1. The number of halogens is 3. The van der Waals surface area contributed by atoms with Crippen molar-refractivity contribution >= 4 is 27.6 Å². The van der Waals surface area contributed by atoms with Crippen LogP contribution in [-0.4, -0.2) is 72.6 Å². The third-order valence-corrected chi connectivity index (χ3v) is 10.9. The molecule has 236 valence electrons. The third kappa shape index (κ3) is 6.54. The molecular formula is C29H39F3N6O4S. The summed E-state index contributed by atoms with van der Waals surface area (Å²) in [6.45, 7) is 5.75. The van der Waals surface area contributed by atoms with Crippen LogP contribution in [0.1, 0.15) is 61.3 Å². The molecule has 43 heavy (non-hydrogen) atoms. The first-order valence-corrected chi connectivity index (χ1v) is 16.3. The molecule has 0 spiro atoms. The predicted octanol–water partition coefficient (Wildman–Crippen LogP) is 4.43. The van der Waals surface area contributed by atoms with Crippen LogP contribution in [0.15, 0.2) is 29.2 Å². The molecule has 3 aliphatic rings. The lowest BCUT2D eigenvalue weighted by Gasteiger charge is -2.38. The molecule has 2 saturated heterocycles. The minimum Gasteiger partial charge on any atom is -0.341 e. The van der Waals surface area contributed by atoms with E-state index in [4.69, 9.17) is 0 Å². The highest BCUT2D eigenvalue weighted by molar-refractivity contribution is 7.89. The van der Waals surface area contributed by atoms with E-state index >= 15 is 0 Å². The second-order valence-corrected chi connectivity index (χ2v) is 14.2. The largest absolute Gasteiger partial charge is 0.435 e. The van der Waals surface area contributed by atoms with Crippen LogP contribution in [0.2, 0.25) is 0 Å². The summed E-state index contributed by atoms with van der Waals surface area (Å²) in [6, 6.07) is 5.55. The van der Waals surface area contributed by atoms with Crippen molar-refractivity contribution in [1.82, 2.24) is 24.3 Å². The van der Waals surface area contributed by atoms with Gasteiger partial charge in [-0.05, 0) is 80.0 Å². The van der Waals surface area contributed by atoms with Gasteiger partial charge >= 0.3 is 12.2 Å². The summed E-state index contributed by atoms with van der Waals surface area (Å²) in [5.41, 5.74) is -0.603. The molecule has 2 fully saturated rings. The molecule has 1 aromatic carbocycles. The van der Waals surface area contributed by atoms with Gasteiger partial charge in [-0.2, -0.15) is 22.6 Å². The zero-order valence-electron chi connectivity index (χ0n) is 24.7. The van der Waals surface area contributed by atoms with E-state index in [1.54, 1.807) is 4.90 Å². The van der Waals surface area contributed by atoms with Crippen molar-refractivity contribution in [1.29, 1.82) is 0 Å². The Bertz CT molecular complexity index is 1440. The van der Waals surface area contributed by atoms with E-state index in [1.165, 1.54) is 40.3 Å². The third-order valence-electron chi connectivity index (χ3n) is 9.01. The van der Waals surface area contributed by atoms with E-state index in [9.17, 15) is 31.2 Å². The lowest BCUT2D eigenvalue weighted by Crippen LogP contribution is -2.43. The number of anilines is 1. The van der Waals surface area contributed by atoms with Gasteiger partial charge in [-0.25, -0.2) is 13.2 Å². The number of rotatable bonds is 5. The van der Waals surface area contributed by atoms with E-state index in [-0.39, 0.29) is 40.7 Å². The first-order chi connectivity index (χ1) is 20.3. The molecule has 3 unspecified atom stereocenters. The van der Waals surface area contributed by atoms with E-state index in [1.807, 2.05) is 13.8 Å². The number of amides is 3. The lowest BCUT2D eigenvalue weighted by atomic mass is 9.78. The Labute approximate surface area is 250 Å². The predicted molar refractivity (Wildman–Crippen MR) is 154 cm³/mol. The van der Waals surface area contributed by atoms with Crippen LogP contribution in [-0.2, 0) is 29.2 Å². The standard InChI is InChI=1S/C29H39F3N6O4S/c1-18-14-19(2)17-36(16-18)27(39)25-24-15-21(10-13-38(24)35-26(25)29(30,31)32)20-8-11-37(12-9-20)43(41,42)23-6-4-22(5-7-23)34-28(40)33-3/h4-7,18-21H,8-17H2,1-3H3,(H2,33,34,40). The second-order valence-electron chi connectivity index (χ2n) is 12.3. The van der Waals surface area contributed by atoms with Crippen LogP contribution in [0.4, 0.5) is 23.7 Å². The lowest BCUT2D eigenvalue weighted by molar-refractivity contribution is -0.141. The molecule has 4 heterocycles. The van der Waals surface area contributed by atoms with Crippen LogP contribution in [0.3, 0.4) is 0 Å². The zero-order chi connectivity index (χ0) is 31.1. The van der Waals surface area contributed by atoms with Gasteiger partial charge in [-0.15, -0.1) is 0 Å². The van der Waals surface area contributed by atoms with Gasteiger partial charge in [-0.1, -0.05) is 13.8 Å². The molecule has 0 radical (unpaired) electrons. The highest BCUT2D eigenvalue weighted by Gasteiger charge is 2.45. The summed E-state index contributed by atoms with van der Waals surface area (Å²) in [5.74, 6) is -0.0396. The minimum atomic E-state index is -4.74.